The lowest BCUT2D eigenvalue weighted by Gasteiger charge is -2.17. The highest BCUT2D eigenvalue weighted by Gasteiger charge is 2.19. The molecule has 0 aliphatic heterocycles. The monoisotopic (exact) mass is 251 g/mol. The molecule has 0 fully saturated rings. The lowest BCUT2D eigenvalue weighted by molar-refractivity contribution is -0.385. The second-order valence-corrected chi connectivity index (χ2v) is 4.04. The van der Waals surface area contributed by atoms with Gasteiger partial charge in [0.25, 0.3) is 11.6 Å². The summed E-state index contributed by atoms with van der Waals surface area (Å²) in [6.45, 7) is 2.82. The maximum atomic E-state index is 12.1. The van der Waals surface area contributed by atoms with Gasteiger partial charge in [-0.1, -0.05) is 6.07 Å². The van der Waals surface area contributed by atoms with Crippen LogP contribution < -0.4 is 5.32 Å². The molecule has 0 spiro atoms. The number of nitrogens with zero attached hydrogens (tertiary/aromatic N) is 2. The van der Waals surface area contributed by atoms with Crippen molar-refractivity contribution in [2.24, 2.45) is 0 Å². The van der Waals surface area contributed by atoms with Crippen molar-refractivity contribution in [2.75, 3.05) is 27.2 Å². The van der Waals surface area contributed by atoms with E-state index in [9.17, 15) is 14.9 Å². The summed E-state index contributed by atoms with van der Waals surface area (Å²) in [5.41, 5.74) is 0.759. The minimum Gasteiger partial charge on any atom is -0.340 e. The summed E-state index contributed by atoms with van der Waals surface area (Å²) in [5, 5.41) is 13.8. The Hall–Kier alpha value is -1.95. The molecule has 1 N–H and O–H groups in total. The Kier molecular flexibility index (Phi) is 4.79. The minimum atomic E-state index is -0.473. The Morgan fingerprint density at radius 3 is 2.72 bits per heavy atom. The number of hydrogen-bond donors (Lipinski definition) is 1. The number of amides is 1. The maximum absolute atomic E-state index is 12.1. The van der Waals surface area contributed by atoms with E-state index >= 15 is 0 Å². The topological polar surface area (TPSA) is 75.5 Å². The smallest absolute Gasteiger partial charge is 0.273 e. The molecular weight excluding hydrogens is 234 g/mol. The molecule has 0 unspecified atom stereocenters. The molecule has 0 saturated heterocycles. The molecular formula is C12H17N3O3. The third kappa shape index (κ3) is 3.04. The molecule has 1 rings (SSSR count). The fourth-order valence-corrected chi connectivity index (χ4v) is 1.64. The molecule has 0 radical (unpaired) electrons. The average molecular weight is 251 g/mol. The molecule has 0 heterocycles. The van der Waals surface area contributed by atoms with E-state index in [-0.39, 0.29) is 11.6 Å². The summed E-state index contributed by atoms with van der Waals surface area (Å²) in [5.74, 6) is -0.202. The van der Waals surface area contributed by atoms with Crippen molar-refractivity contribution in [1.82, 2.24) is 10.2 Å². The van der Waals surface area contributed by atoms with Crippen LogP contribution >= 0.6 is 0 Å². The molecule has 0 aromatic heterocycles. The van der Waals surface area contributed by atoms with E-state index in [2.05, 4.69) is 5.32 Å². The first-order chi connectivity index (χ1) is 8.49. The van der Waals surface area contributed by atoms with Gasteiger partial charge in [-0.25, -0.2) is 0 Å². The Morgan fingerprint density at radius 1 is 1.50 bits per heavy atom. The third-order valence-electron chi connectivity index (χ3n) is 2.78. The standard InChI is InChI=1S/C12H17N3O3/c1-9-10(5-4-6-11(9)15(17)18)12(16)14(3)8-7-13-2/h4-6,13H,7-8H2,1-3H3. The molecule has 6 nitrogen and oxygen atoms in total. The van der Waals surface area contributed by atoms with Crippen LogP contribution in [0.2, 0.25) is 0 Å². The van der Waals surface area contributed by atoms with Crippen LogP contribution in [0.3, 0.4) is 0 Å². The van der Waals surface area contributed by atoms with Crippen LogP contribution in [0.25, 0.3) is 0 Å². The molecule has 0 atom stereocenters. The fraction of sp³-hybridized carbons (Fsp3) is 0.417. The number of nitro groups is 1. The molecule has 1 aromatic carbocycles. The van der Waals surface area contributed by atoms with Gasteiger partial charge in [0.2, 0.25) is 0 Å². The van der Waals surface area contributed by atoms with Gasteiger partial charge in [-0.3, -0.25) is 14.9 Å². The van der Waals surface area contributed by atoms with Gasteiger partial charge < -0.3 is 10.2 Å². The van der Waals surface area contributed by atoms with Crippen LogP contribution in [0.1, 0.15) is 15.9 Å². The van der Waals surface area contributed by atoms with Crippen LogP contribution in [0.5, 0.6) is 0 Å². The van der Waals surface area contributed by atoms with Gasteiger partial charge in [0, 0.05) is 37.3 Å². The predicted octanol–water partition coefficient (Wildman–Crippen LogP) is 1.19. The summed E-state index contributed by atoms with van der Waals surface area (Å²) in [4.78, 5) is 24.0. The van der Waals surface area contributed by atoms with Gasteiger partial charge >= 0.3 is 0 Å². The van der Waals surface area contributed by atoms with Crippen molar-refractivity contribution in [1.29, 1.82) is 0 Å². The van der Waals surface area contributed by atoms with E-state index in [1.807, 2.05) is 0 Å². The molecule has 18 heavy (non-hydrogen) atoms. The first kappa shape index (κ1) is 14.1. The largest absolute Gasteiger partial charge is 0.340 e. The number of likely N-dealkylation sites (N-methyl/N-ethyl adjacent to an activating group) is 2. The Balaban J connectivity index is 2.99. The van der Waals surface area contributed by atoms with Crippen molar-refractivity contribution >= 4 is 11.6 Å². The number of carbonyl (C=O) groups excluding carboxylic acids is 1. The van der Waals surface area contributed by atoms with Gasteiger partial charge in [0.15, 0.2) is 0 Å². The number of hydrogen-bond acceptors (Lipinski definition) is 4. The van der Waals surface area contributed by atoms with E-state index < -0.39 is 4.92 Å². The molecule has 0 saturated carbocycles. The Bertz CT molecular complexity index is 460. The molecule has 0 aliphatic rings. The van der Waals surface area contributed by atoms with Gasteiger partial charge in [0.1, 0.15) is 0 Å². The quantitative estimate of drug-likeness (QED) is 0.630. The maximum Gasteiger partial charge on any atom is 0.273 e. The van der Waals surface area contributed by atoms with Crippen molar-refractivity contribution in [3.05, 3.63) is 39.4 Å². The second-order valence-electron chi connectivity index (χ2n) is 4.04. The van der Waals surface area contributed by atoms with Crippen LogP contribution in [-0.2, 0) is 0 Å². The zero-order valence-electron chi connectivity index (χ0n) is 10.8. The van der Waals surface area contributed by atoms with Crippen LogP contribution in [0.4, 0.5) is 5.69 Å². The normalized spacial score (nSPS) is 10.2. The van der Waals surface area contributed by atoms with Crippen molar-refractivity contribution in [2.45, 2.75) is 6.92 Å². The molecule has 98 valence electrons. The van der Waals surface area contributed by atoms with Gasteiger partial charge in [-0.2, -0.15) is 0 Å². The predicted molar refractivity (Wildman–Crippen MR) is 68.7 cm³/mol. The van der Waals surface area contributed by atoms with Gasteiger partial charge in [-0.05, 0) is 20.0 Å². The molecule has 0 bridgehead atoms. The average Bonchev–Trinajstić information content (AvgIpc) is 2.35. The molecule has 6 heteroatoms. The van der Waals surface area contributed by atoms with Crippen molar-refractivity contribution in [3.63, 3.8) is 0 Å². The highest BCUT2D eigenvalue weighted by molar-refractivity contribution is 5.96. The lowest BCUT2D eigenvalue weighted by atomic mass is 10.1. The number of nitro benzene ring substituents is 1. The van der Waals surface area contributed by atoms with Crippen LogP contribution in [0.15, 0.2) is 18.2 Å². The number of rotatable bonds is 5. The van der Waals surface area contributed by atoms with E-state index in [0.29, 0.717) is 24.2 Å². The van der Waals surface area contributed by atoms with E-state index in [4.69, 9.17) is 0 Å². The van der Waals surface area contributed by atoms with E-state index in [1.165, 1.54) is 12.1 Å². The van der Waals surface area contributed by atoms with E-state index in [0.717, 1.165) is 0 Å². The Labute approximate surface area is 106 Å². The fourth-order valence-electron chi connectivity index (χ4n) is 1.64. The first-order valence-corrected chi connectivity index (χ1v) is 5.63. The second kappa shape index (κ2) is 6.11. The summed E-state index contributed by atoms with van der Waals surface area (Å²) in [6.07, 6.45) is 0. The number of carbonyl (C=O) groups is 1. The highest BCUT2D eigenvalue weighted by atomic mass is 16.6. The zero-order valence-corrected chi connectivity index (χ0v) is 10.8. The Morgan fingerprint density at radius 2 is 2.17 bits per heavy atom. The SMILES string of the molecule is CNCCN(C)C(=O)c1cccc([N+](=O)[O-])c1C. The van der Waals surface area contributed by atoms with Crippen LogP contribution in [-0.4, -0.2) is 42.9 Å². The molecule has 0 aliphatic carbocycles. The number of nitrogens with one attached hydrogen (secondary N) is 1. The van der Waals surface area contributed by atoms with Crippen molar-refractivity contribution in [3.8, 4) is 0 Å². The highest BCUT2D eigenvalue weighted by Crippen LogP contribution is 2.21. The summed E-state index contributed by atoms with van der Waals surface area (Å²) in [6, 6.07) is 4.55. The van der Waals surface area contributed by atoms with Gasteiger partial charge in [0.05, 0.1) is 4.92 Å². The summed E-state index contributed by atoms with van der Waals surface area (Å²) < 4.78 is 0. The van der Waals surface area contributed by atoms with Crippen LogP contribution in [0, 0.1) is 17.0 Å². The van der Waals surface area contributed by atoms with E-state index in [1.54, 1.807) is 32.0 Å². The molecule has 1 amide bonds. The minimum absolute atomic E-state index is 0.0251. The lowest BCUT2D eigenvalue weighted by Crippen LogP contribution is -2.33. The number of benzene rings is 1. The summed E-state index contributed by atoms with van der Waals surface area (Å²) in [7, 11) is 3.48. The van der Waals surface area contributed by atoms with Gasteiger partial charge in [-0.15, -0.1) is 0 Å². The zero-order chi connectivity index (χ0) is 13.7. The molecule has 1 aromatic rings. The van der Waals surface area contributed by atoms with Crippen molar-refractivity contribution < 1.29 is 9.72 Å². The third-order valence-corrected chi connectivity index (χ3v) is 2.78. The summed E-state index contributed by atoms with van der Waals surface area (Å²) >= 11 is 0. The first-order valence-electron chi connectivity index (χ1n) is 5.63.